The van der Waals surface area contributed by atoms with E-state index >= 15 is 0 Å². The van der Waals surface area contributed by atoms with Crippen molar-refractivity contribution in [3.63, 3.8) is 0 Å². The molecule has 686 valence electrons. The Morgan fingerprint density at radius 1 is 0.0733 bits per heavy atom. The number of fused-ring (bicyclic) bond motifs is 27. The van der Waals surface area contributed by atoms with Gasteiger partial charge < -0.3 is 0 Å². The Kier molecular flexibility index (Phi) is 17.7. The maximum Gasteiger partial charge on any atom is -0.000697 e. The Morgan fingerprint density at radius 3 is 0.680 bits per heavy atom. The zero-order valence-electron chi connectivity index (χ0n) is 81.7. The van der Waals surface area contributed by atoms with Crippen LogP contribution in [-0.2, 0) is 0 Å². The zero-order valence-corrected chi connectivity index (χ0v) is 81.7. The van der Waals surface area contributed by atoms with Gasteiger partial charge in [-0.2, -0.15) is 0 Å². The summed E-state index contributed by atoms with van der Waals surface area (Å²) < 4.78 is 0. The topological polar surface area (TPSA) is 0 Å². The smallest absolute Gasteiger partial charge is 0.000697 e. The predicted octanol–water partition coefficient (Wildman–Crippen LogP) is 42.7. The molecule has 0 spiro atoms. The van der Waals surface area contributed by atoms with Crippen molar-refractivity contribution in [2.75, 3.05) is 0 Å². The lowest BCUT2D eigenvalue weighted by molar-refractivity contribution is 1.58. The van der Waals surface area contributed by atoms with Crippen molar-refractivity contribution in [3.05, 3.63) is 522 Å². The highest BCUT2D eigenvalue weighted by atomic mass is 14.4. The molecule has 35 aromatic carbocycles. The van der Waals surface area contributed by atoms with E-state index in [1.165, 1.54) is 348 Å². The largest absolute Gasteiger partial charge is 0.0622 e. The molecule has 35 aromatic rings. The van der Waals surface area contributed by atoms with Gasteiger partial charge in [0.2, 0.25) is 0 Å². The van der Waals surface area contributed by atoms with Crippen LogP contribution in [-0.4, -0.2) is 0 Å². The van der Waals surface area contributed by atoms with E-state index in [2.05, 4.69) is 522 Å². The zero-order chi connectivity index (χ0) is 97.8. The number of hydrogen-bond donors (Lipinski definition) is 0. The normalized spacial score (nSPS) is 12.3. The summed E-state index contributed by atoms with van der Waals surface area (Å²) in [6.07, 6.45) is 0. The van der Waals surface area contributed by atoms with E-state index in [4.69, 9.17) is 0 Å². The Morgan fingerprint density at radius 2 is 0.307 bits per heavy atom. The van der Waals surface area contributed by atoms with E-state index in [9.17, 15) is 0 Å². The van der Waals surface area contributed by atoms with Gasteiger partial charge in [-0.05, 0) is 396 Å². The highest BCUT2D eigenvalue weighted by Gasteiger charge is 2.33. The standard InChI is InChI=1S/C58H34.2C46H26/c1-3-14-35(15-4-1)41-31-42(36-16-5-2-6-17-36)33-43(32-41)54-56-49-27-13-24-46-44-22-9-10-23-45(44)50(55(46)49)34-51(56)53(40-29-28-37-18-7-8-19-39(37)30-40)57-47-25-11-20-38-21-12-26-48(52(38)47)58(54)57;1-2-13-29(14-3-1)41-39-26-38-32-20-7-6-19-31(32)34-22-11-25-37(42(34)38)43(39)44(33-21-8-15-27-12-4-5-18-30(27)33)46-36-24-10-17-28-16-9-23-35(40(28)36)45(41)46;1-2-12-29(13-3-1)41-39-26-38-33-18-7-6-17-32(33)34-19-10-22-37(43(34)38)44(39)42(31-24-23-27-11-4-5-14-30(27)25-31)46-36-21-9-16-28-15-8-20-35(40(28)36)45(41)46/h1-34H;2*1-26H. The minimum absolute atomic E-state index is 1.21. The monoisotopic (exact) mass is 1890 g/mol. The third-order valence-electron chi connectivity index (χ3n) is 33.8. The summed E-state index contributed by atoms with van der Waals surface area (Å²) in [6.45, 7) is 0. The second-order valence-corrected chi connectivity index (χ2v) is 41.4. The lowest BCUT2D eigenvalue weighted by Gasteiger charge is -2.20. The van der Waals surface area contributed by atoms with E-state index in [0.717, 1.165) is 0 Å². The molecule has 0 unspecified atom stereocenters. The highest BCUT2D eigenvalue weighted by Crippen LogP contribution is 2.61. The van der Waals surface area contributed by atoms with E-state index < -0.39 is 0 Å². The van der Waals surface area contributed by atoms with E-state index in [0.29, 0.717) is 0 Å². The first-order chi connectivity index (χ1) is 74.5. The van der Waals surface area contributed by atoms with Crippen LogP contribution in [0.4, 0.5) is 0 Å². The second kappa shape index (κ2) is 32.0. The predicted molar refractivity (Wildman–Crippen MR) is 650 cm³/mol. The fourth-order valence-electron chi connectivity index (χ4n) is 27.9. The minimum Gasteiger partial charge on any atom is -0.0622 e. The fraction of sp³-hybridized carbons (Fsp3) is 0. The minimum atomic E-state index is 1.21. The molecule has 0 nitrogen and oxygen atoms in total. The van der Waals surface area contributed by atoms with Crippen LogP contribution in [0.2, 0.25) is 0 Å². The molecule has 0 aliphatic carbocycles. The van der Waals surface area contributed by atoms with Gasteiger partial charge in [0.05, 0.1) is 0 Å². The van der Waals surface area contributed by atoms with Crippen molar-refractivity contribution in [2.45, 2.75) is 0 Å². The molecule has 0 heteroatoms. The second-order valence-electron chi connectivity index (χ2n) is 41.4. The molecule has 0 fully saturated rings. The lowest BCUT2D eigenvalue weighted by atomic mass is 9.82. The molecule has 0 saturated carbocycles. The van der Waals surface area contributed by atoms with E-state index in [1.807, 2.05) is 0 Å². The first kappa shape index (κ1) is 82.9. The van der Waals surface area contributed by atoms with Crippen LogP contribution in [0.3, 0.4) is 0 Å². The Balaban J connectivity index is 0.0000000984. The SMILES string of the molecule is c1ccc(-c2c3cc4c5ccccc5c5cccc(c3c(-c3ccc6ccccc6c3)c3c6cccc7cccc(c23)c76)c54)cc1.c1ccc(-c2c3cc4c5ccccc5c5cccc(c3c(-c3cccc6ccccc36)c3c6cccc7cccc(c23)c76)c54)cc1.c1ccc(-c2cc(-c3ccccc3)cc(-c3c4c(cc5c6ccccc6c6cccc4c65)c(-c4ccc5ccccc5c4)c4c5cccc6cccc(c34)c65)c2)cc1. The number of hydrogen-bond acceptors (Lipinski definition) is 0. The van der Waals surface area contributed by atoms with Gasteiger partial charge in [0.15, 0.2) is 0 Å². The molecular weight excluding hydrogens is 1800 g/mol. The molecule has 0 heterocycles. The van der Waals surface area contributed by atoms with Crippen molar-refractivity contribution in [3.8, 4) is 89.0 Å². The van der Waals surface area contributed by atoms with Crippen molar-refractivity contribution >= 4 is 259 Å². The van der Waals surface area contributed by atoms with E-state index in [1.54, 1.807) is 0 Å². The van der Waals surface area contributed by atoms with Gasteiger partial charge >= 0.3 is 0 Å². The Labute approximate surface area is 862 Å². The van der Waals surface area contributed by atoms with Gasteiger partial charge in [-0.25, -0.2) is 0 Å². The molecule has 35 rings (SSSR count). The number of benzene rings is 29. The first-order valence-electron chi connectivity index (χ1n) is 52.5. The Hall–Kier alpha value is -19.5. The third kappa shape index (κ3) is 11.8. The van der Waals surface area contributed by atoms with Gasteiger partial charge in [0, 0.05) is 0 Å². The van der Waals surface area contributed by atoms with Crippen LogP contribution in [0.1, 0.15) is 0 Å². The van der Waals surface area contributed by atoms with Gasteiger partial charge in [-0.3, -0.25) is 0 Å². The molecule has 0 radical (unpaired) electrons. The number of rotatable bonds is 8. The highest BCUT2D eigenvalue weighted by molar-refractivity contribution is 6.50. The van der Waals surface area contributed by atoms with Gasteiger partial charge in [-0.15, -0.1) is 0 Å². The lowest BCUT2D eigenvalue weighted by Crippen LogP contribution is -1.93. The first-order valence-corrected chi connectivity index (χ1v) is 52.5. The van der Waals surface area contributed by atoms with Crippen LogP contribution in [0.5, 0.6) is 0 Å². The molecule has 150 heavy (non-hydrogen) atoms. The summed E-state index contributed by atoms with van der Waals surface area (Å²) in [6, 6.07) is 195. The van der Waals surface area contributed by atoms with Crippen LogP contribution in [0, 0.1) is 0 Å². The summed E-state index contributed by atoms with van der Waals surface area (Å²) in [4.78, 5) is 0. The molecule has 0 aliphatic heterocycles. The van der Waals surface area contributed by atoms with Gasteiger partial charge in [0.25, 0.3) is 0 Å². The average Bonchev–Trinajstić information content (AvgIpc) is 1.44. The van der Waals surface area contributed by atoms with Crippen molar-refractivity contribution in [1.82, 2.24) is 0 Å². The van der Waals surface area contributed by atoms with Crippen LogP contribution >= 0.6 is 0 Å². The van der Waals surface area contributed by atoms with Gasteiger partial charge in [-0.1, -0.05) is 473 Å². The molecule has 0 saturated heterocycles. The maximum atomic E-state index is 2.55. The van der Waals surface area contributed by atoms with Gasteiger partial charge in [0.1, 0.15) is 0 Å². The third-order valence-corrected chi connectivity index (χ3v) is 33.8. The van der Waals surface area contributed by atoms with E-state index in [-0.39, 0.29) is 0 Å². The fourth-order valence-corrected chi connectivity index (χ4v) is 27.9. The average molecular weight is 1890 g/mol. The quantitative estimate of drug-likeness (QED) is 0.133. The van der Waals surface area contributed by atoms with Crippen LogP contribution in [0.15, 0.2) is 522 Å². The Bertz CT molecular complexity index is 11800. The molecule has 0 N–H and O–H groups in total. The molecule has 0 atom stereocenters. The molecule has 0 aliphatic rings. The van der Waals surface area contributed by atoms with Crippen LogP contribution in [0.25, 0.3) is 348 Å². The maximum absolute atomic E-state index is 2.55. The molecule has 0 bridgehead atoms. The van der Waals surface area contributed by atoms with Crippen molar-refractivity contribution < 1.29 is 0 Å². The molecule has 0 amide bonds. The summed E-state index contributed by atoms with van der Waals surface area (Å²) in [7, 11) is 0. The summed E-state index contributed by atoms with van der Waals surface area (Å²) in [5.74, 6) is 0. The van der Waals surface area contributed by atoms with Crippen molar-refractivity contribution in [2.24, 2.45) is 0 Å². The molecule has 0 aromatic heterocycles. The molecular formula is C150H86. The summed E-state index contributed by atoms with van der Waals surface area (Å²) >= 11 is 0. The summed E-state index contributed by atoms with van der Waals surface area (Å²) in [5.41, 5.74) is 20.3. The summed E-state index contributed by atoms with van der Waals surface area (Å²) in [5, 5.41) is 63.3. The van der Waals surface area contributed by atoms with Crippen LogP contribution < -0.4 is 0 Å². The van der Waals surface area contributed by atoms with Crippen molar-refractivity contribution in [1.29, 1.82) is 0 Å².